The summed E-state index contributed by atoms with van der Waals surface area (Å²) in [6.07, 6.45) is 18.0. The minimum atomic E-state index is -0.358. The SMILES string of the molecule is CCCCCCCCCCCCCCC[C@H]1OC(c2ccccc2)OC[C@H]1N=[N+]=[N-]. The Balaban J connectivity index is 1.55. The Morgan fingerprint density at radius 1 is 0.867 bits per heavy atom. The zero-order valence-corrected chi connectivity index (χ0v) is 18.9. The Kier molecular flexibility index (Phi) is 13.3. The molecule has 0 radical (unpaired) electrons. The summed E-state index contributed by atoms with van der Waals surface area (Å²) in [6, 6.07) is 9.76. The smallest absolute Gasteiger partial charge is 0.184 e. The third kappa shape index (κ3) is 9.97. The molecular weight excluding hydrogens is 374 g/mol. The molecule has 3 atom stereocenters. The predicted molar refractivity (Wildman–Crippen MR) is 123 cm³/mol. The van der Waals surface area contributed by atoms with Crippen LogP contribution >= 0.6 is 0 Å². The Morgan fingerprint density at radius 2 is 1.43 bits per heavy atom. The van der Waals surface area contributed by atoms with Gasteiger partial charge in [0.15, 0.2) is 6.29 Å². The molecule has 1 aliphatic rings. The van der Waals surface area contributed by atoms with E-state index in [0.29, 0.717) is 6.61 Å². The summed E-state index contributed by atoms with van der Waals surface area (Å²) in [5, 5.41) is 3.90. The van der Waals surface area contributed by atoms with Crippen LogP contribution in [0.3, 0.4) is 0 Å². The summed E-state index contributed by atoms with van der Waals surface area (Å²) in [5.41, 5.74) is 9.87. The van der Waals surface area contributed by atoms with Gasteiger partial charge >= 0.3 is 0 Å². The molecular formula is C25H41N3O2. The molecule has 1 unspecified atom stereocenters. The van der Waals surface area contributed by atoms with Gasteiger partial charge in [-0.1, -0.05) is 126 Å². The molecule has 0 saturated carbocycles. The Labute approximate surface area is 183 Å². The molecule has 5 heteroatoms. The molecule has 1 aromatic rings. The van der Waals surface area contributed by atoms with Crippen LogP contribution in [0, 0.1) is 0 Å². The first kappa shape index (κ1) is 24.7. The largest absolute Gasteiger partial charge is 0.348 e. The second kappa shape index (κ2) is 16.2. The fourth-order valence-corrected chi connectivity index (χ4v) is 4.16. The van der Waals surface area contributed by atoms with Crippen LogP contribution in [0.2, 0.25) is 0 Å². The van der Waals surface area contributed by atoms with Crippen LogP contribution in [0.1, 0.15) is 109 Å². The lowest BCUT2D eigenvalue weighted by molar-refractivity contribution is -0.226. The van der Waals surface area contributed by atoms with Crippen molar-refractivity contribution in [3.05, 3.63) is 46.3 Å². The molecule has 2 rings (SSSR count). The maximum absolute atomic E-state index is 8.85. The van der Waals surface area contributed by atoms with Gasteiger partial charge in [0.25, 0.3) is 0 Å². The second-order valence-electron chi connectivity index (χ2n) is 8.55. The van der Waals surface area contributed by atoms with Crippen molar-refractivity contribution in [3.63, 3.8) is 0 Å². The van der Waals surface area contributed by atoms with Gasteiger partial charge in [0.05, 0.1) is 18.8 Å². The third-order valence-electron chi connectivity index (χ3n) is 6.01. The number of azide groups is 1. The molecule has 0 amide bonds. The zero-order valence-electron chi connectivity index (χ0n) is 18.9. The summed E-state index contributed by atoms with van der Waals surface area (Å²) < 4.78 is 11.9. The average Bonchev–Trinajstić information content (AvgIpc) is 2.78. The first-order valence-corrected chi connectivity index (χ1v) is 12.2. The molecule has 0 bridgehead atoms. The summed E-state index contributed by atoms with van der Waals surface area (Å²) in [4.78, 5) is 2.99. The van der Waals surface area contributed by atoms with E-state index in [-0.39, 0.29) is 18.4 Å². The monoisotopic (exact) mass is 415 g/mol. The molecule has 1 aromatic carbocycles. The van der Waals surface area contributed by atoms with Crippen molar-refractivity contribution in [2.45, 2.75) is 115 Å². The highest BCUT2D eigenvalue weighted by atomic mass is 16.7. The van der Waals surface area contributed by atoms with Gasteiger partial charge in [0, 0.05) is 10.5 Å². The molecule has 1 aliphatic heterocycles. The van der Waals surface area contributed by atoms with Crippen LogP contribution in [0.5, 0.6) is 0 Å². The number of ether oxygens (including phenoxy) is 2. The van der Waals surface area contributed by atoms with E-state index in [1.807, 2.05) is 30.3 Å². The summed E-state index contributed by atoms with van der Waals surface area (Å²) >= 11 is 0. The van der Waals surface area contributed by atoms with E-state index in [2.05, 4.69) is 16.9 Å². The van der Waals surface area contributed by atoms with Gasteiger partial charge < -0.3 is 9.47 Å². The molecule has 0 N–H and O–H groups in total. The summed E-state index contributed by atoms with van der Waals surface area (Å²) in [6.45, 7) is 2.70. The number of nitrogens with zero attached hydrogens (tertiary/aromatic N) is 3. The molecule has 1 heterocycles. The van der Waals surface area contributed by atoms with E-state index in [0.717, 1.165) is 18.4 Å². The number of hydrogen-bond donors (Lipinski definition) is 0. The predicted octanol–water partition coefficient (Wildman–Crippen LogP) is 8.26. The molecule has 5 nitrogen and oxygen atoms in total. The van der Waals surface area contributed by atoms with Crippen LogP contribution in [-0.2, 0) is 9.47 Å². The van der Waals surface area contributed by atoms with Gasteiger partial charge in [-0.2, -0.15) is 0 Å². The van der Waals surface area contributed by atoms with Crippen LogP contribution in [0.4, 0.5) is 0 Å². The molecule has 30 heavy (non-hydrogen) atoms. The van der Waals surface area contributed by atoms with Gasteiger partial charge in [-0.15, -0.1) is 0 Å². The lowest BCUT2D eigenvalue weighted by Gasteiger charge is -2.34. The minimum Gasteiger partial charge on any atom is -0.348 e. The quantitative estimate of drug-likeness (QED) is 0.118. The number of hydrogen-bond acceptors (Lipinski definition) is 3. The molecule has 0 aromatic heterocycles. The normalized spacial score (nSPS) is 21.3. The first-order chi connectivity index (χ1) is 14.8. The Hall–Kier alpha value is -1.55. The standard InChI is InChI=1S/C25H41N3O2/c1-2-3-4-5-6-7-8-9-10-11-12-13-17-20-24-23(27-28-26)21-29-25(30-24)22-18-15-14-16-19-22/h14-16,18-19,23-25H,2-13,17,20-21H2,1H3/t23-,24-,25?/m1/s1. The highest BCUT2D eigenvalue weighted by Gasteiger charge is 2.31. The highest BCUT2D eigenvalue weighted by Crippen LogP contribution is 2.30. The summed E-state index contributed by atoms with van der Waals surface area (Å²) in [5.74, 6) is 0. The van der Waals surface area contributed by atoms with Gasteiger partial charge in [0.2, 0.25) is 0 Å². The Morgan fingerprint density at radius 3 is 2.00 bits per heavy atom. The van der Waals surface area contributed by atoms with Crippen LogP contribution in [0.25, 0.3) is 10.4 Å². The molecule has 0 aliphatic carbocycles. The fourth-order valence-electron chi connectivity index (χ4n) is 4.16. The van der Waals surface area contributed by atoms with Crippen molar-refractivity contribution in [3.8, 4) is 0 Å². The van der Waals surface area contributed by atoms with E-state index in [1.54, 1.807) is 0 Å². The van der Waals surface area contributed by atoms with E-state index in [1.165, 1.54) is 77.0 Å². The van der Waals surface area contributed by atoms with E-state index in [4.69, 9.17) is 15.0 Å². The van der Waals surface area contributed by atoms with Crippen molar-refractivity contribution in [1.82, 2.24) is 0 Å². The van der Waals surface area contributed by atoms with Crippen molar-refractivity contribution in [2.24, 2.45) is 5.11 Å². The maximum Gasteiger partial charge on any atom is 0.184 e. The van der Waals surface area contributed by atoms with Gasteiger partial charge in [0.1, 0.15) is 0 Å². The van der Waals surface area contributed by atoms with Gasteiger partial charge in [-0.25, -0.2) is 0 Å². The number of rotatable bonds is 16. The maximum atomic E-state index is 8.85. The Bertz CT molecular complexity index is 589. The van der Waals surface area contributed by atoms with E-state index < -0.39 is 0 Å². The highest BCUT2D eigenvalue weighted by molar-refractivity contribution is 5.16. The zero-order chi connectivity index (χ0) is 21.3. The van der Waals surface area contributed by atoms with E-state index >= 15 is 0 Å². The van der Waals surface area contributed by atoms with Crippen LogP contribution in [-0.4, -0.2) is 18.8 Å². The van der Waals surface area contributed by atoms with Crippen molar-refractivity contribution in [2.75, 3.05) is 6.61 Å². The number of unbranched alkanes of at least 4 members (excludes halogenated alkanes) is 12. The van der Waals surface area contributed by atoms with Crippen molar-refractivity contribution in [1.29, 1.82) is 0 Å². The fraction of sp³-hybridized carbons (Fsp3) is 0.760. The first-order valence-electron chi connectivity index (χ1n) is 12.2. The van der Waals surface area contributed by atoms with E-state index in [9.17, 15) is 0 Å². The van der Waals surface area contributed by atoms with Gasteiger partial charge in [-0.3, -0.25) is 0 Å². The van der Waals surface area contributed by atoms with Crippen molar-refractivity contribution >= 4 is 0 Å². The van der Waals surface area contributed by atoms with Gasteiger partial charge in [-0.05, 0) is 12.0 Å². The topological polar surface area (TPSA) is 67.2 Å². The molecule has 168 valence electrons. The lowest BCUT2D eigenvalue weighted by Crippen LogP contribution is -2.39. The van der Waals surface area contributed by atoms with Crippen LogP contribution in [0.15, 0.2) is 35.4 Å². The third-order valence-corrected chi connectivity index (χ3v) is 6.01. The molecule has 1 saturated heterocycles. The van der Waals surface area contributed by atoms with Crippen LogP contribution < -0.4 is 0 Å². The average molecular weight is 416 g/mol. The summed E-state index contributed by atoms with van der Waals surface area (Å²) in [7, 11) is 0. The number of benzene rings is 1. The minimum absolute atomic E-state index is 0.0624. The second-order valence-corrected chi connectivity index (χ2v) is 8.55. The molecule has 1 fully saturated rings. The lowest BCUT2D eigenvalue weighted by atomic mass is 10.0. The molecule has 0 spiro atoms. The van der Waals surface area contributed by atoms with Crippen molar-refractivity contribution < 1.29 is 9.47 Å².